The summed E-state index contributed by atoms with van der Waals surface area (Å²) < 4.78 is 21.2. The second-order valence-corrected chi connectivity index (χ2v) is 12.2. The van der Waals surface area contributed by atoms with Gasteiger partial charge in [-0.25, -0.2) is 4.79 Å². The first-order valence-electron chi connectivity index (χ1n) is 18.5. The van der Waals surface area contributed by atoms with Gasteiger partial charge in [0.1, 0.15) is 19.3 Å². The number of aliphatic carboxylic acids is 2. The van der Waals surface area contributed by atoms with Gasteiger partial charge in [0, 0.05) is 38.9 Å². The van der Waals surface area contributed by atoms with E-state index in [2.05, 4.69) is 21.3 Å². The van der Waals surface area contributed by atoms with Gasteiger partial charge in [0.05, 0.1) is 39.6 Å². The SMILES string of the molecule is CCCCNC(=O)CC[C@H](NC(=O)COCCOCCNC(=O)COCCOCCNC(=O)CCCCCCCCCCCCC(=O)O)C(=O)O. The zero-order valence-corrected chi connectivity index (χ0v) is 30.6. The Labute approximate surface area is 302 Å². The minimum absolute atomic E-state index is 0.00977. The molecule has 296 valence electrons. The highest BCUT2D eigenvalue weighted by molar-refractivity contribution is 5.85. The van der Waals surface area contributed by atoms with Gasteiger partial charge in [-0.2, -0.15) is 0 Å². The highest BCUT2D eigenvalue weighted by Gasteiger charge is 2.21. The lowest BCUT2D eigenvalue weighted by molar-refractivity contribution is -0.143. The van der Waals surface area contributed by atoms with Crippen LogP contribution in [0.1, 0.15) is 110 Å². The quantitative estimate of drug-likeness (QED) is 0.0506. The highest BCUT2D eigenvalue weighted by Crippen LogP contribution is 2.12. The molecule has 0 spiro atoms. The predicted octanol–water partition coefficient (Wildman–Crippen LogP) is 2.32. The minimum atomic E-state index is -1.23. The Bertz CT molecular complexity index is 954. The molecule has 0 aliphatic carbocycles. The maximum absolute atomic E-state index is 12.0. The molecular weight excluding hydrogens is 668 g/mol. The number of unbranched alkanes of at least 4 members (excludes halogenated alkanes) is 10. The molecule has 0 aromatic heterocycles. The Kier molecular flexibility index (Phi) is 32.8. The Morgan fingerprint density at radius 2 is 0.941 bits per heavy atom. The maximum Gasteiger partial charge on any atom is 0.326 e. The van der Waals surface area contributed by atoms with Gasteiger partial charge in [0.25, 0.3) is 0 Å². The van der Waals surface area contributed by atoms with E-state index in [1.165, 1.54) is 12.8 Å². The lowest BCUT2D eigenvalue weighted by Crippen LogP contribution is -2.43. The first kappa shape index (κ1) is 47.7. The molecule has 4 amide bonds. The molecule has 16 nitrogen and oxygen atoms in total. The molecule has 0 aliphatic rings. The standard InChI is InChI=1S/C35H64N4O12/c1-2-3-18-36-31(41)17-16-29(35(46)47)39-33(43)28-51-26-24-49-22-20-38-32(42)27-50-25-23-48-21-19-37-30(40)14-12-10-8-6-4-5-7-9-11-13-15-34(44)45/h29H,2-28H2,1H3,(H,36,41)(H,37,40)(H,38,42)(H,39,43)(H,44,45)(H,46,47)/t29-/m0/s1. The van der Waals surface area contributed by atoms with E-state index >= 15 is 0 Å². The molecule has 0 unspecified atom stereocenters. The summed E-state index contributed by atoms with van der Waals surface area (Å²) in [5, 5.41) is 28.4. The summed E-state index contributed by atoms with van der Waals surface area (Å²) in [5.41, 5.74) is 0. The molecule has 0 bridgehead atoms. The van der Waals surface area contributed by atoms with E-state index in [1.807, 2.05) is 6.92 Å². The smallest absolute Gasteiger partial charge is 0.326 e. The number of nitrogens with one attached hydrogen (secondary N) is 4. The molecule has 1 atom stereocenters. The number of carbonyl (C=O) groups excluding carboxylic acids is 4. The summed E-state index contributed by atoms with van der Waals surface area (Å²) in [6, 6.07) is -1.19. The van der Waals surface area contributed by atoms with Crippen LogP contribution in [0.4, 0.5) is 0 Å². The molecular formula is C35H64N4O12. The summed E-state index contributed by atoms with van der Waals surface area (Å²) >= 11 is 0. The summed E-state index contributed by atoms with van der Waals surface area (Å²) in [6.07, 6.45) is 13.0. The van der Waals surface area contributed by atoms with Crippen LogP contribution in [-0.2, 0) is 47.7 Å². The van der Waals surface area contributed by atoms with Gasteiger partial charge in [-0.1, -0.05) is 64.7 Å². The summed E-state index contributed by atoms with van der Waals surface area (Å²) in [7, 11) is 0. The first-order chi connectivity index (χ1) is 24.6. The van der Waals surface area contributed by atoms with Crippen LogP contribution in [0.5, 0.6) is 0 Å². The molecule has 0 saturated heterocycles. The minimum Gasteiger partial charge on any atom is -0.481 e. The van der Waals surface area contributed by atoms with E-state index in [1.54, 1.807) is 0 Å². The second kappa shape index (κ2) is 35.1. The molecule has 51 heavy (non-hydrogen) atoms. The van der Waals surface area contributed by atoms with Crippen LogP contribution in [0.3, 0.4) is 0 Å². The fraction of sp³-hybridized carbons (Fsp3) is 0.829. The average Bonchev–Trinajstić information content (AvgIpc) is 3.09. The number of amides is 4. The highest BCUT2D eigenvalue weighted by atomic mass is 16.5. The zero-order valence-electron chi connectivity index (χ0n) is 30.6. The Balaban J connectivity index is 3.53. The molecule has 0 saturated carbocycles. The maximum atomic E-state index is 12.0. The molecule has 0 aromatic carbocycles. The van der Waals surface area contributed by atoms with E-state index in [4.69, 9.17) is 24.1 Å². The van der Waals surface area contributed by atoms with E-state index < -0.39 is 23.9 Å². The van der Waals surface area contributed by atoms with Crippen LogP contribution in [0, 0.1) is 0 Å². The number of ether oxygens (including phenoxy) is 4. The van der Waals surface area contributed by atoms with Crippen molar-refractivity contribution in [2.75, 3.05) is 72.5 Å². The second-order valence-electron chi connectivity index (χ2n) is 12.2. The number of carbonyl (C=O) groups is 6. The van der Waals surface area contributed by atoms with E-state index in [0.29, 0.717) is 32.7 Å². The molecule has 16 heteroatoms. The Morgan fingerprint density at radius 1 is 0.490 bits per heavy atom. The van der Waals surface area contributed by atoms with Crippen LogP contribution < -0.4 is 21.3 Å². The van der Waals surface area contributed by atoms with Gasteiger partial charge in [0.15, 0.2) is 0 Å². The molecule has 6 N–H and O–H groups in total. The van der Waals surface area contributed by atoms with Gasteiger partial charge in [-0.15, -0.1) is 0 Å². The van der Waals surface area contributed by atoms with Gasteiger partial charge in [-0.3, -0.25) is 24.0 Å². The van der Waals surface area contributed by atoms with Crippen molar-refractivity contribution in [2.45, 2.75) is 116 Å². The third-order valence-electron chi connectivity index (χ3n) is 7.54. The third kappa shape index (κ3) is 34.9. The fourth-order valence-corrected chi connectivity index (χ4v) is 4.67. The van der Waals surface area contributed by atoms with Crippen LogP contribution in [-0.4, -0.2) is 124 Å². The van der Waals surface area contributed by atoms with Crippen molar-refractivity contribution in [3.05, 3.63) is 0 Å². The lowest BCUT2D eigenvalue weighted by atomic mass is 10.1. The predicted molar refractivity (Wildman–Crippen MR) is 189 cm³/mol. The number of hydrogen-bond donors (Lipinski definition) is 6. The van der Waals surface area contributed by atoms with Crippen molar-refractivity contribution in [1.29, 1.82) is 0 Å². The molecule has 0 radical (unpaired) electrons. The molecule has 0 rings (SSSR count). The topological polar surface area (TPSA) is 228 Å². The number of rotatable bonds is 37. The van der Waals surface area contributed by atoms with Crippen LogP contribution in [0.25, 0.3) is 0 Å². The lowest BCUT2D eigenvalue weighted by Gasteiger charge is -2.14. The van der Waals surface area contributed by atoms with Crippen molar-refractivity contribution < 1.29 is 57.9 Å². The Morgan fingerprint density at radius 3 is 1.47 bits per heavy atom. The van der Waals surface area contributed by atoms with Crippen LogP contribution >= 0.6 is 0 Å². The van der Waals surface area contributed by atoms with E-state index in [9.17, 15) is 33.9 Å². The fourth-order valence-electron chi connectivity index (χ4n) is 4.67. The van der Waals surface area contributed by atoms with Crippen LogP contribution in [0.15, 0.2) is 0 Å². The summed E-state index contributed by atoms with van der Waals surface area (Å²) in [5.74, 6) is -3.12. The number of carboxylic acid groups (broad SMARTS) is 2. The van der Waals surface area contributed by atoms with Gasteiger partial charge < -0.3 is 50.4 Å². The van der Waals surface area contributed by atoms with Crippen molar-refractivity contribution in [2.24, 2.45) is 0 Å². The largest absolute Gasteiger partial charge is 0.481 e. The summed E-state index contributed by atoms with van der Waals surface area (Å²) in [6.45, 7) is 4.06. The molecule has 0 fully saturated rings. The van der Waals surface area contributed by atoms with Crippen molar-refractivity contribution in [1.82, 2.24) is 21.3 Å². The molecule has 0 aliphatic heterocycles. The van der Waals surface area contributed by atoms with E-state index in [0.717, 1.165) is 64.2 Å². The first-order valence-corrected chi connectivity index (χ1v) is 18.5. The Hall–Kier alpha value is -3.34. The van der Waals surface area contributed by atoms with Gasteiger partial charge >= 0.3 is 11.9 Å². The number of carboxylic acids is 2. The van der Waals surface area contributed by atoms with Gasteiger partial charge in [-0.05, 0) is 25.7 Å². The van der Waals surface area contributed by atoms with Crippen molar-refractivity contribution >= 4 is 35.6 Å². The monoisotopic (exact) mass is 732 g/mol. The van der Waals surface area contributed by atoms with Crippen molar-refractivity contribution in [3.8, 4) is 0 Å². The average molecular weight is 733 g/mol. The van der Waals surface area contributed by atoms with Crippen molar-refractivity contribution in [3.63, 3.8) is 0 Å². The normalized spacial score (nSPS) is 11.5. The van der Waals surface area contributed by atoms with Gasteiger partial charge in [0.2, 0.25) is 23.6 Å². The van der Waals surface area contributed by atoms with Crippen LogP contribution in [0.2, 0.25) is 0 Å². The number of hydrogen-bond acceptors (Lipinski definition) is 10. The summed E-state index contributed by atoms with van der Waals surface area (Å²) in [4.78, 5) is 69.4. The molecule has 0 aromatic rings. The van der Waals surface area contributed by atoms with E-state index in [-0.39, 0.29) is 83.2 Å². The molecule has 0 heterocycles. The third-order valence-corrected chi connectivity index (χ3v) is 7.54. The zero-order chi connectivity index (χ0) is 37.8.